The van der Waals surface area contributed by atoms with Crippen molar-refractivity contribution in [3.05, 3.63) is 35.4 Å². The Kier molecular flexibility index (Phi) is 4.94. The van der Waals surface area contributed by atoms with Crippen molar-refractivity contribution in [2.24, 2.45) is 0 Å². The fourth-order valence-electron chi connectivity index (χ4n) is 3.07. The molecule has 116 valence electrons. The zero-order valence-electron chi connectivity index (χ0n) is 13.5. The molecule has 3 rings (SSSR count). The first-order valence-electron chi connectivity index (χ1n) is 8.48. The first-order valence-corrected chi connectivity index (χ1v) is 8.48. The highest BCUT2D eigenvalue weighted by Gasteiger charge is 2.30. The molecule has 0 amide bonds. The maximum atomic E-state index is 3.47. The molecule has 1 aliphatic carbocycles. The molecule has 3 nitrogen and oxygen atoms in total. The number of nitrogens with zero attached hydrogens (tertiary/aromatic N) is 2. The largest absolute Gasteiger partial charge is 0.310 e. The van der Waals surface area contributed by atoms with Gasteiger partial charge >= 0.3 is 0 Å². The fraction of sp³-hybridized carbons (Fsp3) is 0.667. The van der Waals surface area contributed by atoms with Gasteiger partial charge in [0.05, 0.1) is 0 Å². The molecular weight excluding hydrogens is 258 g/mol. The molecule has 0 aromatic heterocycles. The van der Waals surface area contributed by atoms with Crippen molar-refractivity contribution in [3.63, 3.8) is 0 Å². The lowest BCUT2D eigenvalue weighted by Crippen LogP contribution is -2.46. The molecule has 3 heteroatoms. The quantitative estimate of drug-likeness (QED) is 0.867. The van der Waals surface area contributed by atoms with E-state index < -0.39 is 0 Å². The standard InChI is InChI=1S/C18H29N3/c1-15(2)19-13-16-3-5-17(6-4-16)14-20-9-11-21(12-10-20)18-7-8-18/h3-6,15,18-19H,7-14H2,1-2H3. The van der Waals surface area contributed by atoms with Crippen molar-refractivity contribution in [2.45, 2.75) is 51.9 Å². The van der Waals surface area contributed by atoms with Gasteiger partial charge in [0, 0.05) is 51.4 Å². The Morgan fingerprint density at radius 3 is 2.19 bits per heavy atom. The van der Waals surface area contributed by atoms with Gasteiger partial charge in [0.1, 0.15) is 0 Å². The highest BCUT2D eigenvalue weighted by molar-refractivity contribution is 5.22. The average Bonchev–Trinajstić information content (AvgIpc) is 3.32. The molecule has 0 radical (unpaired) electrons. The first kappa shape index (κ1) is 15.0. The van der Waals surface area contributed by atoms with Crippen LogP contribution in [0.3, 0.4) is 0 Å². The van der Waals surface area contributed by atoms with Gasteiger partial charge in [0.25, 0.3) is 0 Å². The Bertz CT molecular complexity index is 428. The molecule has 0 bridgehead atoms. The zero-order valence-corrected chi connectivity index (χ0v) is 13.5. The molecule has 1 heterocycles. The van der Waals surface area contributed by atoms with Crippen LogP contribution in [0.4, 0.5) is 0 Å². The molecule has 1 aromatic carbocycles. The van der Waals surface area contributed by atoms with Crippen LogP contribution in [-0.4, -0.2) is 48.1 Å². The van der Waals surface area contributed by atoms with E-state index in [1.165, 1.54) is 50.1 Å². The monoisotopic (exact) mass is 287 g/mol. The Hall–Kier alpha value is -0.900. The number of nitrogens with one attached hydrogen (secondary N) is 1. The van der Waals surface area contributed by atoms with Crippen molar-refractivity contribution < 1.29 is 0 Å². The van der Waals surface area contributed by atoms with Crippen LogP contribution in [0, 0.1) is 0 Å². The average molecular weight is 287 g/mol. The molecule has 0 atom stereocenters. The van der Waals surface area contributed by atoms with Crippen molar-refractivity contribution in [3.8, 4) is 0 Å². The summed E-state index contributed by atoms with van der Waals surface area (Å²) in [5.74, 6) is 0. The summed E-state index contributed by atoms with van der Waals surface area (Å²) in [6, 6.07) is 10.6. The normalized spacial score (nSPS) is 21.1. The molecule has 1 aromatic rings. The third-order valence-electron chi connectivity index (χ3n) is 4.61. The van der Waals surface area contributed by atoms with Gasteiger partial charge in [0.2, 0.25) is 0 Å². The highest BCUT2D eigenvalue weighted by Crippen LogP contribution is 2.27. The second kappa shape index (κ2) is 6.91. The minimum Gasteiger partial charge on any atom is -0.310 e. The minimum absolute atomic E-state index is 0.549. The highest BCUT2D eigenvalue weighted by atomic mass is 15.3. The van der Waals surface area contributed by atoms with Gasteiger partial charge < -0.3 is 5.32 Å². The number of hydrogen-bond acceptors (Lipinski definition) is 3. The van der Waals surface area contributed by atoms with Crippen LogP contribution in [0.2, 0.25) is 0 Å². The molecule has 2 fully saturated rings. The van der Waals surface area contributed by atoms with E-state index in [1.54, 1.807) is 0 Å². The topological polar surface area (TPSA) is 18.5 Å². The van der Waals surface area contributed by atoms with Crippen LogP contribution in [0.25, 0.3) is 0 Å². The van der Waals surface area contributed by atoms with E-state index >= 15 is 0 Å². The Balaban J connectivity index is 1.44. The van der Waals surface area contributed by atoms with Gasteiger partial charge in [-0.3, -0.25) is 9.80 Å². The van der Waals surface area contributed by atoms with Crippen LogP contribution >= 0.6 is 0 Å². The lowest BCUT2D eigenvalue weighted by atomic mass is 10.1. The predicted octanol–water partition coefficient (Wildman–Crippen LogP) is 2.46. The zero-order chi connectivity index (χ0) is 14.7. The molecule has 21 heavy (non-hydrogen) atoms. The van der Waals surface area contributed by atoms with Crippen LogP contribution in [0.1, 0.15) is 37.8 Å². The van der Waals surface area contributed by atoms with Crippen LogP contribution in [0.5, 0.6) is 0 Å². The molecule has 1 N–H and O–H groups in total. The summed E-state index contributed by atoms with van der Waals surface area (Å²) in [7, 11) is 0. The number of piperazine rings is 1. The summed E-state index contributed by atoms with van der Waals surface area (Å²) >= 11 is 0. The Morgan fingerprint density at radius 2 is 1.62 bits per heavy atom. The lowest BCUT2D eigenvalue weighted by molar-refractivity contribution is 0.121. The summed E-state index contributed by atoms with van der Waals surface area (Å²) in [6.07, 6.45) is 2.87. The van der Waals surface area contributed by atoms with E-state index in [1.807, 2.05) is 0 Å². The van der Waals surface area contributed by atoms with E-state index in [9.17, 15) is 0 Å². The molecule has 0 unspecified atom stereocenters. The number of hydrogen-bond donors (Lipinski definition) is 1. The van der Waals surface area contributed by atoms with Gasteiger partial charge in [-0.25, -0.2) is 0 Å². The number of rotatable bonds is 6. The lowest BCUT2D eigenvalue weighted by Gasteiger charge is -2.34. The van der Waals surface area contributed by atoms with Crippen molar-refractivity contribution in [1.29, 1.82) is 0 Å². The van der Waals surface area contributed by atoms with Crippen molar-refractivity contribution in [1.82, 2.24) is 15.1 Å². The van der Waals surface area contributed by atoms with Crippen molar-refractivity contribution in [2.75, 3.05) is 26.2 Å². The Morgan fingerprint density at radius 1 is 1.00 bits per heavy atom. The van der Waals surface area contributed by atoms with E-state index in [0.717, 1.165) is 19.1 Å². The van der Waals surface area contributed by atoms with Gasteiger partial charge in [0.15, 0.2) is 0 Å². The third-order valence-corrected chi connectivity index (χ3v) is 4.61. The fourth-order valence-corrected chi connectivity index (χ4v) is 3.07. The molecule has 1 saturated carbocycles. The van der Waals surface area contributed by atoms with E-state index in [4.69, 9.17) is 0 Å². The van der Waals surface area contributed by atoms with Crippen LogP contribution in [0.15, 0.2) is 24.3 Å². The SMILES string of the molecule is CC(C)NCc1ccc(CN2CCN(C3CC3)CC2)cc1. The molecule has 1 saturated heterocycles. The van der Waals surface area contributed by atoms with Gasteiger partial charge in [-0.2, -0.15) is 0 Å². The van der Waals surface area contributed by atoms with Crippen molar-refractivity contribution >= 4 is 0 Å². The molecular formula is C18H29N3. The molecule has 1 aliphatic heterocycles. The molecule has 0 spiro atoms. The summed E-state index contributed by atoms with van der Waals surface area (Å²) in [4.78, 5) is 5.28. The van der Waals surface area contributed by atoms with Crippen LogP contribution < -0.4 is 5.32 Å². The van der Waals surface area contributed by atoms with Crippen LogP contribution in [-0.2, 0) is 13.1 Å². The number of benzene rings is 1. The minimum atomic E-state index is 0.549. The summed E-state index contributed by atoms with van der Waals surface area (Å²) in [5.41, 5.74) is 2.83. The summed E-state index contributed by atoms with van der Waals surface area (Å²) < 4.78 is 0. The second-order valence-corrected chi connectivity index (χ2v) is 6.90. The maximum absolute atomic E-state index is 3.47. The smallest absolute Gasteiger partial charge is 0.0234 e. The first-order chi connectivity index (χ1) is 10.2. The third kappa shape index (κ3) is 4.53. The van der Waals surface area contributed by atoms with Gasteiger partial charge in [-0.05, 0) is 24.0 Å². The Labute approximate surface area is 129 Å². The van der Waals surface area contributed by atoms with Gasteiger partial charge in [-0.15, -0.1) is 0 Å². The molecule has 2 aliphatic rings. The predicted molar refractivity (Wildman–Crippen MR) is 88.3 cm³/mol. The summed E-state index contributed by atoms with van der Waals surface area (Å²) in [6.45, 7) is 11.4. The van der Waals surface area contributed by atoms with E-state index in [-0.39, 0.29) is 0 Å². The summed E-state index contributed by atoms with van der Waals surface area (Å²) in [5, 5.41) is 3.47. The van der Waals surface area contributed by atoms with E-state index in [0.29, 0.717) is 6.04 Å². The van der Waals surface area contributed by atoms with E-state index in [2.05, 4.69) is 53.2 Å². The maximum Gasteiger partial charge on any atom is 0.0234 e. The van der Waals surface area contributed by atoms with Gasteiger partial charge in [-0.1, -0.05) is 38.1 Å². The second-order valence-electron chi connectivity index (χ2n) is 6.90.